The van der Waals surface area contributed by atoms with E-state index in [0.717, 1.165) is 11.4 Å². The molecule has 0 radical (unpaired) electrons. The van der Waals surface area contributed by atoms with Crippen molar-refractivity contribution in [2.75, 3.05) is 0 Å². The molecule has 0 atom stereocenters. The quantitative estimate of drug-likeness (QED) is 0.710. The van der Waals surface area contributed by atoms with Gasteiger partial charge in [-0.2, -0.15) is 0 Å². The van der Waals surface area contributed by atoms with Crippen LogP contribution in [-0.4, -0.2) is 31.0 Å². The van der Waals surface area contributed by atoms with Gasteiger partial charge in [0.2, 0.25) is 0 Å². The van der Waals surface area contributed by atoms with E-state index in [9.17, 15) is 9.18 Å². The number of para-hydroxylation sites is 1. The minimum absolute atomic E-state index is 0.270. The SMILES string of the molecule is O=C(Oc1ccccc1)N1C=Cc2c(nnn2Cc2ccc(CF)cn2)C1. The maximum Gasteiger partial charge on any atom is 0.419 e. The van der Waals surface area contributed by atoms with Crippen LogP contribution in [0.15, 0.2) is 54.9 Å². The number of benzene rings is 1. The maximum absolute atomic E-state index is 12.6. The molecule has 7 nitrogen and oxygen atoms in total. The third-order valence-electron chi connectivity index (χ3n) is 4.11. The molecule has 1 aromatic carbocycles. The van der Waals surface area contributed by atoms with E-state index < -0.39 is 12.8 Å². The van der Waals surface area contributed by atoms with Crippen LogP contribution in [0.2, 0.25) is 0 Å². The Morgan fingerprint density at radius 1 is 1.19 bits per heavy atom. The lowest BCUT2D eigenvalue weighted by molar-refractivity contribution is 0.167. The van der Waals surface area contributed by atoms with Crippen molar-refractivity contribution in [2.45, 2.75) is 19.8 Å². The molecule has 136 valence electrons. The molecule has 0 saturated heterocycles. The number of carbonyl (C=O) groups excluding carboxylic acids is 1. The first-order chi connectivity index (χ1) is 13.2. The van der Waals surface area contributed by atoms with Gasteiger partial charge >= 0.3 is 6.09 Å². The highest BCUT2D eigenvalue weighted by atomic mass is 19.1. The monoisotopic (exact) mass is 365 g/mol. The van der Waals surface area contributed by atoms with Gasteiger partial charge in [-0.25, -0.2) is 13.9 Å². The summed E-state index contributed by atoms with van der Waals surface area (Å²) in [7, 11) is 0. The number of hydrogen-bond acceptors (Lipinski definition) is 5. The van der Waals surface area contributed by atoms with Gasteiger partial charge in [-0.3, -0.25) is 9.88 Å². The van der Waals surface area contributed by atoms with E-state index in [-0.39, 0.29) is 6.54 Å². The van der Waals surface area contributed by atoms with E-state index in [1.807, 2.05) is 6.07 Å². The zero-order chi connectivity index (χ0) is 18.6. The topological polar surface area (TPSA) is 73.1 Å². The summed E-state index contributed by atoms with van der Waals surface area (Å²) in [5.74, 6) is 0.480. The van der Waals surface area contributed by atoms with Gasteiger partial charge in [0, 0.05) is 18.0 Å². The van der Waals surface area contributed by atoms with Gasteiger partial charge in [0.25, 0.3) is 0 Å². The Morgan fingerprint density at radius 2 is 2.04 bits per heavy atom. The van der Waals surface area contributed by atoms with E-state index >= 15 is 0 Å². The predicted molar refractivity (Wildman–Crippen MR) is 95.2 cm³/mol. The summed E-state index contributed by atoms with van der Waals surface area (Å²) in [5, 5.41) is 8.29. The van der Waals surface area contributed by atoms with Crippen LogP contribution in [0.1, 0.15) is 22.6 Å². The second-order valence-corrected chi connectivity index (χ2v) is 6.00. The smallest absolute Gasteiger partial charge is 0.410 e. The van der Waals surface area contributed by atoms with Crippen molar-refractivity contribution in [3.8, 4) is 5.75 Å². The van der Waals surface area contributed by atoms with E-state index in [4.69, 9.17) is 4.74 Å². The number of carbonyl (C=O) groups is 1. The highest BCUT2D eigenvalue weighted by Crippen LogP contribution is 2.20. The lowest BCUT2D eigenvalue weighted by Crippen LogP contribution is -2.30. The summed E-state index contributed by atoms with van der Waals surface area (Å²) < 4.78 is 19.6. The van der Waals surface area contributed by atoms with Crippen LogP contribution in [-0.2, 0) is 19.8 Å². The second kappa shape index (κ2) is 7.36. The number of nitrogens with zero attached hydrogens (tertiary/aromatic N) is 5. The number of rotatable bonds is 4. The van der Waals surface area contributed by atoms with Crippen LogP contribution < -0.4 is 4.74 Å². The maximum atomic E-state index is 12.6. The van der Waals surface area contributed by atoms with Gasteiger partial charge < -0.3 is 4.74 Å². The van der Waals surface area contributed by atoms with Gasteiger partial charge in [-0.15, -0.1) is 5.10 Å². The van der Waals surface area contributed by atoms with Crippen molar-refractivity contribution >= 4 is 12.2 Å². The lowest BCUT2D eigenvalue weighted by Gasteiger charge is -2.20. The fraction of sp³-hybridized carbons (Fsp3) is 0.158. The molecular formula is C19H16FN5O2. The van der Waals surface area contributed by atoms with Gasteiger partial charge in [-0.05, 0) is 24.3 Å². The van der Waals surface area contributed by atoms with Gasteiger partial charge in [0.05, 0.1) is 24.5 Å². The summed E-state index contributed by atoms with van der Waals surface area (Å²) in [4.78, 5) is 18.0. The molecule has 27 heavy (non-hydrogen) atoms. The fourth-order valence-electron chi connectivity index (χ4n) is 2.70. The van der Waals surface area contributed by atoms with Crippen molar-refractivity contribution < 1.29 is 13.9 Å². The number of halogens is 1. The minimum atomic E-state index is -0.538. The number of fused-ring (bicyclic) bond motifs is 1. The van der Waals surface area contributed by atoms with Crippen LogP contribution in [0.3, 0.4) is 0 Å². The number of aromatic nitrogens is 4. The standard InChI is InChI=1S/C19H16FN5O2/c20-10-14-6-7-15(21-11-14)12-25-18-8-9-24(13-17(18)22-23-25)19(26)27-16-4-2-1-3-5-16/h1-9,11H,10,12-13H2. The molecule has 0 fully saturated rings. The van der Waals surface area contributed by atoms with Crippen LogP contribution in [0.4, 0.5) is 9.18 Å². The van der Waals surface area contributed by atoms with E-state index in [2.05, 4.69) is 15.3 Å². The molecule has 0 bridgehead atoms. The van der Waals surface area contributed by atoms with Gasteiger partial charge in [-0.1, -0.05) is 29.5 Å². The molecule has 0 unspecified atom stereocenters. The van der Waals surface area contributed by atoms with E-state index in [0.29, 0.717) is 23.6 Å². The summed E-state index contributed by atoms with van der Waals surface area (Å²) >= 11 is 0. The van der Waals surface area contributed by atoms with Crippen LogP contribution in [0.5, 0.6) is 5.75 Å². The van der Waals surface area contributed by atoms with Crippen LogP contribution in [0.25, 0.3) is 6.08 Å². The molecule has 0 N–H and O–H groups in total. The number of ether oxygens (including phenoxy) is 1. The second-order valence-electron chi connectivity index (χ2n) is 6.00. The zero-order valence-corrected chi connectivity index (χ0v) is 14.3. The number of pyridine rings is 1. The molecule has 1 aliphatic rings. The first-order valence-electron chi connectivity index (χ1n) is 8.37. The molecular weight excluding hydrogens is 349 g/mol. The number of alkyl halides is 1. The normalized spacial score (nSPS) is 12.7. The van der Waals surface area contributed by atoms with Gasteiger partial charge in [0.15, 0.2) is 0 Å². The van der Waals surface area contributed by atoms with Crippen molar-refractivity contribution in [1.82, 2.24) is 24.9 Å². The molecule has 0 spiro atoms. The van der Waals surface area contributed by atoms with Crippen LogP contribution >= 0.6 is 0 Å². The average Bonchev–Trinajstić information content (AvgIpc) is 3.11. The molecule has 1 aliphatic heterocycles. The molecule has 1 amide bonds. The summed E-state index contributed by atoms with van der Waals surface area (Å²) in [5.41, 5.74) is 2.75. The molecule has 0 aliphatic carbocycles. The summed E-state index contributed by atoms with van der Waals surface area (Å²) in [6, 6.07) is 12.3. The summed E-state index contributed by atoms with van der Waals surface area (Å²) in [6.45, 7) is 0.142. The lowest BCUT2D eigenvalue weighted by atomic mass is 10.2. The Bertz CT molecular complexity index is 970. The molecule has 3 aromatic rings. The Labute approximate surface area is 154 Å². The minimum Gasteiger partial charge on any atom is -0.410 e. The van der Waals surface area contributed by atoms with Crippen molar-refractivity contribution in [2.24, 2.45) is 0 Å². The molecule has 2 aromatic heterocycles. The number of amides is 1. The van der Waals surface area contributed by atoms with E-state index in [1.54, 1.807) is 53.4 Å². The summed E-state index contributed by atoms with van der Waals surface area (Å²) in [6.07, 6.45) is 4.44. The van der Waals surface area contributed by atoms with Crippen LogP contribution in [0, 0.1) is 0 Å². The Hall–Kier alpha value is -3.55. The van der Waals surface area contributed by atoms with Crippen molar-refractivity contribution in [3.05, 3.63) is 77.5 Å². The fourth-order valence-corrected chi connectivity index (χ4v) is 2.70. The molecule has 3 heterocycles. The Balaban J connectivity index is 1.45. The van der Waals surface area contributed by atoms with Crippen molar-refractivity contribution in [3.63, 3.8) is 0 Å². The third-order valence-corrected chi connectivity index (χ3v) is 4.11. The number of hydrogen-bond donors (Lipinski definition) is 0. The molecule has 0 saturated carbocycles. The Morgan fingerprint density at radius 3 is 2.78 bits per heavy atom. The van der Waals surface area contributed by atoms with Crippen molar-refractivity contribution in [1.29, 1.82) is 0 Å². The zero-order valence-electron chi connectivity index (χ0n) is 14.3. The van der Waals surface area contributed by atoms with Gasteiger partial charge in [0.1, 0.15) is 18.1 Å². The first kappa shape index (κ1) is 16.9. The highest BCUT2D eigenvalue weighted by Gasteiger charge is 2.23. The third kappa shape index (κ3) is 3.69. The largest absolute Gasteiger partial charge is 0.419 e. The molecule has 8 heteroatoms. The molecule has 4 rings (SSSR count). The van der Waals surface area contributed by atoms with E-state index in [1.165, 1.54) is 11.1 Å². The first-order valence-corrected chi connectivity index (χ1v) is 8.37. The Kier molecular flexibility index (Phi) is 4.61. The predicted octanol–water partition coefficient (Wildman–Crippen LogP) is 3.18. The average molecular weight is 365 g/mol. The highest BCUT2D eigenvalue weighted by molar-refractivity contribution is 5.74.